The van der Waals surface area contributed by atoms with E-state index in [9.17, 15) is 9.59 Å². The maximum Gasteiger partial charge on any atom is 0.261 e. The summed E-state index contributed by atoms with van der Waals surface area (Å²) in [6.45, 7) is 0. The first-order chi connectivity index (χ1) is 8.09. The molecule has 2 N–H and O–H groups in total. The fourth-order valence-corrected chi connectivity index (χ4v) is 2.17. The third-order valence-electron chi connectivity index (χ3n) is 2.29. The number of benzene rings is 1. The molecule has 2 rings (SSSR count). The SMILES string of the molecule is Cn1c(SCC(N)=O)nc2ccccc2c1=O. The lowest BCUT2D eigenvalue weighted by Crippen LogP contribution is -2.21. The van der Waals surface area contributed by atoms with Crippen LogP contribution in [0.3, 0.4) is 0 Å². The second kappa shape index (κ2) is 4.58. The van der Waals surface area contributed by atoms with Gasteiger partial charge >= 0.3 is 0 Å². The van der Waals surface area contributed by atoms with Crippen LogP contribution in [-0.2, 0) is 11.8 Å². The molecule has 1 aromatic carbocycles. The number of primary amides is 1. The average molecular weight is 249 g/mol. The number of thioether (sulfide) groups is 1. The van der Waals surface area contributed by atoms with Gasteiger partial charge in [-0.25, -0.2) is 4.98 Å². The van der Waals surface area contributed by atoms with Crippen molar-refractivity contribution in [1.29, 1.82) is 0 Å². The Hall–Kier alpha value is -1.82. The molecule has 0 saturated carbocycles. The highest BCUT2D eigenvalue weighted by atomic mass is 32.2. The van der Waals surface area contributed by atoms with E-state index >= 15 is 0 Å². The largest absolute Gasteiger partial charge is 0.369 e. The van der Waals surface area contributed by atoms with Crippen molar-refractivity contribution >= 4 is 28.6 Å². The third kappa shape index (κ3) is 2.31. The van der Waals surface area contributed by atoms with Crippen molar-refractivity contribution in [3.05, 3.63) is 34.6 Å². The maximum absolute atomic E-state index is 12.0. The van der Waals surface area contributed by atoms with Crippen LogP contribution in [0.2, 0.25) is 0 Å². The molecule has 0 aliphatic rings. The molecule has 88 valence electrons. The molecule has 6 heteroatoms. The van der Waals surface area contributed by atoms with E-state index < -0.39 is 5.91 Å². The Morgan fingerprint density at radius 3 is 2.88 bits per heavy atom. The van der Waals surface area contributed by atoms with Crippen molar-refractivity contribution in [2.75, 3.05) is 5.75 Å². The smallest absolute Gasteiger partial charge is 0.261 e. The minimum Gasteiger partial charge on any atom is -0.369 e. The van der Waals surface area contributed by atoms with E-state index in [1.807, 2.05) is 6.07 Å². The van der Waals surface area contributed by atoms with Gasteiger partial charge in [-0.3, -0.25) is 14.2 Å². The molecule has 1 aromatic heterocycles. The molecule has 0 radical (unpaired) electrons. The Kier molecular flexibility index (Phi) is 3.14. The summed E-state index contributed by atoms with van der Waals surface area (Å²) in [7, 11) is 1.63. The Morgan fingerprint density at radius 1 is 1.47 bits per heavy atom. The zero-order chi connectivity index (χ0) is 12.4. The Bertz CT molecular complexity index is 636. The molecular weight excluding hydrogens is 238 g/mol. The van der Waals surface area contributed by atoms with Crippen LogP contribution in [0.4, 0.5) is 0 Å². The summed E-state index contributed by atoms with van der Waals surface area (Å²) >= 11 is 1.16. The number of nitrogens with zero attached hydrogens (tertiary/aromatic N) is 2. The molecule has 2 aromatic rings. The van der Waals surface area contributed by atoms with Gasteiger partial charge in [0.25, 0.3) is 5.56 Å². The second-order valence-electron chi connectivity index (χ2n) is 3.53. The molecular formula is C11H11N3O2S. The van der Waals surface area contributed by atoms with Crippen molar-refractivity contribution in [3.63, 3.8) is 0 Å². The van der Waals surface area contributed by atoms with Gasteiger partial charge in [-0.15, -0.1) is 0 Å². The summed E-state index contributed by atoms with van der Waals surface area (Å²) in [6.07, 6.45) is 0. The van der Waals surface area contributed by atoms with Gasteiger partial charge in [-0.05, 0) is 12.1 Å². The van der Waals surface area contributed by atoms with Gasteiger partial charge < -0.3 is 5.73 Å². The normalized spacial score (nSPS) is 10.6. The van der Waals surface area contributed by atoms with E-state index in [-0.39, 0.29) is 11.3 Å². The number of carbonyl (C=O) groups excluding carboxylic acids is 1. The number of aromatic nitrogens is 2. The first-order valence-electron chi connectivity index (χ1n) is 4.96. The topological polar surface area (TPSA) is 78.0 Å². The first kappa shape index (κ1) is 11.7. The third-order valence-corrected chi connectivity index (χ3v) is 3.34. The number of hydrogen-bond donors (Lipinski definition) is 1. The zero-order valence-electron chi connectivity index (χ0n) is 9.21. The number of hydrogen-bond acceptors (Lipinski definition) is 4. The Labute approximate surface area is 102 Å². The van der Waals surface area contributed by atoms with Crippen LogP contribution in [0, 0.1) is 0 Å². The van der Waals surface area contributed by atoms with Gasteiger partial charge in [0.1, 0.15) is 0 Å². The van der Waals surface area contributed by atoms with Crippen molar-refractivity contribution in [1.82, 2.24) is 9.55 Å². The fraction of sp³-hybridized carbons (Fsp3) is 0.182. The first-order valence-corrected chi connectivity index (χ1v) is 5.95. The Balaban J connectivity index is 2.54. The number of amides is 1. The van der Waals surface area contributed by atoms with Gasteiger partial charge in [0.2, 0.25) is 5.91 Å². The van der Waals surface area contributed by atoms with Crippen molar-refractivity contribution in [2.24, 2.45) is 12.8 Å². The molecule has 0 atom stereocenters. The highest BCUT2D eigenvalue weighted by molar-refractivity contribution is 7.99. The van der Waals surface area contributed by atoms with Crippen LogP contribution in [-0.4, -0.2) is 21.2 Å². The molecule has 0 bridgehead atoms. The number of fused-ring (bicyclic) bond motifs is 1. The minimum absolute atomic E-state index is 0.110. The monoisotopic (exact) mass is 249 g/mol. The van der Waals surface area contributed by atoms with Crippen LogP contribution in [0.1, 0.15) is 0 Å². The number of rotatable bonds is 3. The molecule has 17 heavy (non-hydrogen) atoms. The number of para-hydroxylation sites is 1. The maximum atomic E-state index is 12.0. The molecule has 1 heterocycles. The van der Waals surface area contributed by atoms with Gasteiger partial charge in [0.05, 0.1) is 16.7 Å². The standard InChI is InChI=1S/C11H11N3O2S/c1-14-10(16)7-4-2-3-5-8(7)13-11(14)17-6-9(12)15/h2-5H,6H2,1H3,(H2,12,15). The summed E-state index contributed by atoms with van der Waals surface area (Å²) in [4.78, 5) is 27.0. The summed E-state index contributed by atoms with van der Waals surface area (Å²) in [6, 6.07) is 7.11. The molecule has 0 aliphatic carbocycles. The van der Waals surface area contributed by atoms with Crippen molar-refractivity contribution in [3.8, 4) is 0 Å². The van der Waals surface area contributed by atoms with E-state index in [2.05, 4.69) is 4.98 Å². The lowest BCUT2D eigenvalue weighted by atomic mass is 10.2. The highest BCUT2D eigenvalue weighted by Crippen LogP contribution is 2.15. The molecule has 0 spiro atoms. The van der Waals surface area contributed by atoms with Crippen LogP contribution >= 0.6 is 11.8 Å². The van der Waals surface area contributed by atoms with Gasteiger partial charge in [0.15, 0.2) is 5.16 Å². The summed E-state index contributed by atoms with van der Waals surface area (Å²) in [5, 5.41) is 1.06. The lowest BCUT2D eigenvalue weighted by Gasteiger charge is -2.07. The number of nitrogens with two attached hydrogens (primary N) is 1. The zero-order valence-corrected chi connectivity index (χ0v) is 10.0. The van der Waals surface area contributed by atoms with Crippen LogP contribution in [0.15, 0.2) is 34.2 Å². The summed E-state index contributed by atoms with van der Waals surface area (Å²) in [5.74, 6) is -0.323. The molecule has 0 unspecified atom stereocenters. The van der Waals surface area contributed by atoms with Crippen molar-refractivity contribution in [2.45, 2.75) is 5.16 Å². The van der Waals surface area contributed by atoms with E-state index in [1.165, 1.54) is 4.57 Å². The van der Waals surface area contributed by atoms with Gasteiger partial charge in [-0.2, -0.15) is 0 Å². The van der Waals surface area contributed by atoms with Gasteiger partial charge in [-0.1, -0.05) is 23.9 Å². The molecule has 0 saturated heterocycles. The quantitative estimate of drug-likeness (QED) is 0.635. The predicted molar refractivity (Wildman–Crippen MR) is 66.9 cm³/mol. The van der Waals surface area contributed by atoms with E-state index in [0.29, 0.717) is 16.1 Å². The molecule has 5 nitrogen and oxygen atoms in total. The van der Waals surface area contributed by atoms with Crippen LogP contribution in [0.25, 0.3) is 10.9 Å². The highest BCUT2D eigenvalue weighted by Gasteiger charge is 2.08. The van der Waals surface area contributed by atoms with Crippen LogP contribution in [0.5, 0.6) is 0 Å². The molecule has 0 fully saturated rings. The lowest BCUT2D eigenvalue weighted by molar-refractivity contribution is -0.115. The van der Waals surface area contributed by atoms with Crippen molar-refractivity contribution < 1.29 is 4.79 Å². The number of carbonyl (C=O) groups is 1. The van der Waals surface area contributed by atoms with Gasteiger partial charge in [0, 0.05) is 7.05 Å². The van der Waals surface area contributed by atoms with E-state index in [1.54, 1.807) is 25.2 Å². The average Bonchev–Trinajstić information content (AvgIpc) is 2.32. The van der Waals surface area contributed by atoms with Crippen LogP contribution < -0.4 is 11.3 Å². The molecule has 0 aliphatic heterocycles. The summed E-state index contributed by atoms with van der Waals surface area (Å²) < 4.78 is 1.43. The van der Waals surface area contributed by atoms with E-state index in [4.69, 9.17) is 5.73 Å². The summed E-state index contributed by atoms with van der Waals surface area (Å²) in [5.41, 5.74) is 5.57. The second-order valence-corrected chi connectivity index (χ2v) is 4.47. The fourth-order valence-electron chi connectivity index (χ4n) is 1.46. The minimum atomic E-state index is -0.433. The predicted octanol–water partition coefficient (Wildman–Crippen LogP) is 0.511. The molecule has 1 amide bonds. The Morgan fingerprint density at radius 2 is 2.18 bits per heavy atom. The van der Waals surface area contributed by atoms with E-state index in [0.717, 1.165) is 11.8 Å².